The molecule has 1 aliphatic rings. The minimum absolute atomic E-state index is 0.332. The third-order valence-electron chi connectivity index (χ3n) is 3.74. The smallest absolute Gasteiger partial charge is 0.414 e. The van der Waals surface area contributed by atoms with Crippen molar-refractivity contribution in [2.24, 2.45) is 0 Å². The van der Waals surface area contributed by atoms with Crippen LogP contribution < -0.4 is 15.5 Å². The molecule has 0 bridgehead atoms. The van der Waals surface area contributed by atoms with Gasteiger partial charge in [-0.05, 0) is 32.2 Å². The van der Waals surface area contributed by atoms with E-state index in [4.69, 9.17) is 17.0 Å². The SMILES string of the molecule is CNCc1nnc(-c2ccc(N3C[C@H](CNC(C)=S)OC3=O)cc2F)s1. The standard InChI is InChI=1S/C16H18FN5O2S2/c1-9(25)19-6-11-8-22(16(23)24-11)10-3-4-12(13(17)5-10)15-21-20-14(26-15)7-18-2/h3-5,11,18H,6-8H2,1-2H3,(H,19,25)/t11-/m0/s1. The molecule has 1 saturated heterocycles. The first-order chi connectivity index (χ1) is 12.5. The molecule has 1 amide bonds. The first-order valence-electron chi connectivity index (χ1n) is 7.97. The van der Waals surface area contributed by atoms with Crippen LogP contribution in [0.3, 0.4) is 0 Å². The highest BCUT2D eigenvalue weighted by atomic mass is 32.1. The van der Waals surface area contributed by atoms with Gasteiger partial charge in [-0.3, -0.25) is 4.90 Å². The molecule has 2 heterocycles. The lowest BCUT2D eigenvalue weighted by Crippen LogP contribution is -2.32. The summed E-state index contributed by atoms with van der Waals surface area (Å²) < 4.78 is 19.9. The van der Waals surface area contributed by atoms with Crippen LogP contribution in [0.5, 0.6) is 0 Å². The topological polar surface area (TPSA) is 79.4 Å². The average molecular weight is 395 g/mol. The lowest BCUT2D eigenvalue weighted by molar-refractivity contribution is 0.143. The number of nitrogens with zero attached hydrogens (tertiary/aromatic N) is 3. The van der Waals surface area contributed by atoms with Gasteiger partial charge in [-0.1, -0.05) is 23.6 Å². The zero-order valence-corrected chi connectivity index (χ0v) is 15.9. The number of cyclic esters (lactones) is 1. The number of carbonyl (C=O) groups is 1. The maximum atomic E-state index is 14.6. The van der Waals surface area contributed by atoms with Crippen LogP contribution >= 0.6 is 23.6 Å². The fourth-order valence-electron chi connectivity index (χ4n) is 2.53. The number of hydrogen-bond donors (Lipinski definition) is 2. The van der Waals surface area contributed by atoms with Gasteiger partial charge in [0.2, 0.25) is 0 Å². The van der Waals surface area contributed by atoms with Gasteiger partial charge in [0.05, 0.1) is 23.8 Å². The summed E-state index contributed by atoms with van der Waals surface area (Å²) in [6, 6.07) is 4.60. The Hall–Kier alpha value is -2.17. The maximum absolute atomic E-state index is 14.6. The van der Waals surface area contributed by atoms with Crippen molar-refractivity contribution in [3.63, 3.8) is 0 Å². The molecule has 1 aliphatic heterocycles. The first kappa shape index (κ1) is 18.6. The molecule has 1 aromatic heterocycles. The van der Waals surface area contributed by atoms with Gasteiger partial charge in [-0.25, -0.2) is 9.18 Å². The van der Waals surface area contributed by atoms with Crippen LogP contribution in [0.25, 0.3) is 10.6 Å². The Bertz CT molecular complexity index is 829. The molecule has 0 saturated carbocycles. The third-order valence-corrected chi connectivity index (χ3v) is 4.84. The molecule has 2 aromatic rings. The van der Waals surface area contributed by atoms with E-state index >= 15 is 0 Å². The Morgan fingerprint density at radius 1 is 1.50 bits per heavy atom. The van der Waals surface area contributed by atoms with Crippen LogP contribution in [0.2, 0.25) is 0 Å². The van der Waals surface area contributed by atoms with Crippen LogP contribution in [0.15, 0.2) is 18.2 Å². The van der Waals surface area contributed by atoms with E-state index in [-0.39, 0.29) is 6.10 Å². The lowest BCUT2D eigenvalue weighted by atomic mass is 10.2. The van der Waals surface area contributed by atoms with Crippen molar-refractivity contribution in [1.29, 1.82) is 0 Å². The van der Waals surface area contributed by atoms with Crippen molar-refractivity contribution in [3.8, 4) is 10.6 Å². The number of halogens is 1. The number of thiocarbonyl (C=S) groups is 1. The van der Waals surface area contributed by atoms with Crippen molar-refractivity contribution in [2.75, 3.05) is 25.0 Å². The van der Waals surface area contributed by atoms with E-state index in [1.165, 1.54) is 22.3 Å². The number of anilines is 1. The molecule has 26 heavy (non-hydrogen) atoms. The fraction of sp³-hybridized carbons (Fsp3) is 0.375. The van der Waals surface area contributed by atoms with Crippen LogP contribution in [-0.4, -0.2) is 47.5 Å². The number of nitrogens with one attached hydrogen (secondary N) is 2. The minimum atomic E-state index is -0.502. The van der Waals surface area contributed by atoms with E-state index in [1.54, 1.807) is 19.1 Å². The van der Waals surface area contributed by atoms with E-state index in [1.807, 2.05) is 7.05 Å². The van der Waals surface area contributed by atoms with Gasteiger partial charge in [0.25, 0.3) is 0 Å². The predicted molar refractivity (Wildman–Crippen MR) is 102 cm³/mol. The van der Waals surface area contributed by atoms with Gasteiger partial charge >= 0.3 is 6.09 Å². The van der Waals surface area contributed by atoms with Crippen LogP contribution in [-0.2, 0) is 11.3 Å². The van der Waals surface area contributed by atoms with Gasteiger partial charge in [0.1, 0.15) is 16.9 Å². The molecule has 1 atom stereocenters. The number of hydrogen-bond acceptors (Lipinski definition) is 7. The Morgan fingerprint density at radius 2 is 2.31 bits per heavy atom. The highest BCUT2D eigenvalue weighted by molar-refractivity contribution is 7.80. The van der Waals surface area contributed by atoms with Crippen molar-refractivity contribution >= 4 is 40.3 Å². The second-order valence-corrected chi connectivity index (χ2v) is 7.42. The Morgan fingerprint density at radius 3 is 3.00 bits per heavy atom. The number of amides is 1. The highest BCUT2D eigenvalue weighted by Crippen LogP contribution is 2.30. The summed E-state index contributed by atoms with van der Waals surface area (Å²) >= 11 is 6.27. The summed E-state index contributed by atoms with van der Waals surface area (Å²) in [4.78, 5) is 14.1. The van der Waals surface area contributed by atoms with Crippen molar-refractivity contribution < 1.29 is 13.9 Å². The monoisotopic (exact) mass is 395 g/mol. The first-order valence-corrected chi connectivity index (χ1v) is 9.20. The van der Waals surface area contributed by atoms with E-state index in [2.05, 4.69) is 20.8 Å². The van der Waals surface area contributed by atoms with Gasteiger partial charge in [0, 0.05) is 12.1 Å². The van der Waals surface area contributed by atoms with Crippen LogP contribution in [0, 0.1) is 5.82 Å². The number of carbonyl (C=O) groups excluding carboxylic acids is 1. The molecule has 1 aromatic carbocycles. The largest absolute Gasteiger partial charge is 0.442 e. The number of aromatic nitrogens is 2. The molecule has 7 nitrogen and oxygen atoms in total. The van der Waals surface area contributed by atoms with E-state index < -0.39 is 11.9 Å². The maximum Gasteiger partial charge on any atom is 0.414 e. The van der Waals surface area contributed by atoms with E-state index in [0.29, 0.717) is 40.9 Å². The van der Waals surface area contributed by atoms with Crippen LogP contribution in [0.1, 0.15) is 11.9 Å². The Kier molecular flexibility index (Phi) is 5.74. The quantitative estimate of drug-likeness (QED) is 0.727. The van der Waals surface area contributed by atoms with E-state index in [9.17, 15) is 9.18 Å². The second-order valence-electron chi connectivity index (χ2n) is 5.75. The average Bonchev–Trinajstić information content (AvgIpc) is 3.20. The Labute approximate surface area is 159 Å². The Balaban J connectivity index is 1.74. The van der Waals surface area contributed by atoms with Gasteiger partial charge < -0.3 is 15.4 Å². The van der Waals surface area contributed by atoms with E-state index in [0.717, 1.165) is 5.01 Å². The molecule has 3 rings (SSSR count). The van der Waals surface area contributed by atoms with Gasteiger partial charge in [-0.2, -0.15) is 0 Å². The molecule has 10 heteroatoms. The van der Waals surface area contributed by atoms with Crippen molar-refractivity contribution in [3.05, 3.63) is 29.0 Å². The number of benzene rings is 1. The summed E-state index contributed by atoms with van der Waals surface area (Å²) in [5, 5.41) is 15.3. The summed E-state index contributed by atoms with van der Waals surface area (Å²) in [5.74, 6) is -0.459. The van der Waals surface area contributed by atoms with Crippen molar-refractivity contribution in [2.45, 2.75) is 19.6 Å². The molecular formula is C16H18FN5O2S2. The molecular weight excluding hydrogens is 377 g/mol. The number of rotatable bonds is 6. The summed E-state index contributed by atoms with van der Waals surface area (Å²) in [6.07, 6.45) is -0.839. The molecule has 0 aliphatic carbocycles. The summed E-state index contributed by atoms with van der Waals surface area (Å²) in [5.41, 5.74) is 0.800. The molecule has 0 spiro atoms. The highest BCUT2D eigenvalue weighted by Gasteiger charge is 2.32. The molecule has 0 radical (unpaired) electrons. The summed E-state index contributed by atoms with van der Waals surface area (Å²) in [7, 11) is 1.81. The molecule has 2 N–H and O–H groups in total. The summed E-state index contributed by atoms with van der Waals surface area (Å²) in [6.45, 7) is 3.09. The predicted octanol–water partition coefficient (Wildman–Crippen LogP) is 2.33. The van der Waals surface area contributed by atoms with Crippen LogP contribution in [0.4, 0.5) is 14.9 Å². The molecule has 138 valence electrons. The zero-order chi connectivity index (χ0) is 18.7. The molecule has 1 fully saturated rings. The molecule has 0 unspecified atom stereocenters. The number of ether oxygens (including phenoxy) is 1. The second kappa shape index (κ2) is 8.02. The lowest BCUT2D eigenvalue weighted by Gasteiger charge is -2.14. The third kappa shape index (κ3) is 4.14. The normalized spacial score (nSPS) is 16.7. The van der Waals surface area contributed by atoms with Gasteiger partial charge in [0.15, 0.2) is 5.01 Å². The minimum Gasteiger partial charge on any atom is -0.442 e. The fourth-order valence-corrected chi connectivity index (χ4v) is 3.49. The zero-order valence-electron chi connectivity index (χ0n) is 14.3. The van der Waals surface area contributed by atoms with Gasteiger partial charge in [-0.15, -0.1) is 10.2 Å². The van der Waals surface area contributed by atoms with Crippen molar-refractivity contribution in [1.82, 2.24) is 20.8 Å².